The molecule has 0 aliphatic carbocycles. The molecule has 0 fully saturated rings. The van der Waals surface area contributed by atoms with Gasteiger partial charge in [0.25, 0.3) is 5.19 Å². The van der Waals surface area contributed by atoms with E-state index >= 15 is 0 Å². The van der Waals surface area contributed by atoms with Crippen LogP contribution >= 0.6 is 11.3 Å². The molecule has 0 bridgehead atoms. The van der Waals surface area contributed by atoms with E-state index in [-0.39, 0.29) is 0 Å². The van der Waals surface area contributed by atoms with Gasteiger partial charge in [-0.25, -0.2) is 0 Å². The zero-order chi connectivity index (χ0) is 8.81. The second-order valence-electron chi connectivity index (χ2n) is 2.33. The van der Waals surface area contributed by atoms with Crippen molar-refractivity contribution in [3.8, 4) is 5.19 Å². The van der Waals surface area contributed by atoms with Crippen LogP contribution in [0.3, 0.4) is 0 Å². The van der Waals surface area contributed by atoms with Gasteiger partial charge >= 0.3 is 0 Å². The van der Waals surface area contributed by atoms with Gasteiger partial charge in [-0.15, -0.1) is 5.10 Å². The van der Waals surface area contributed by atoms with Gasteiger partial charge < -0.3 is 10.1 Å². The van der Waals surface area contributed by atoms with Gasteiger partial charge in [-0.05, 0) is 17.8 Å². The van der Waals surface area contributed by atoms with Crippen molar-refractivity contribution in [3.05, 3.63) is 0 Å². The van der Waals surface area contributed by atoms with Gasteiger partial charge in [-0.3, -0.25) is 0 Å². The summed E-state index contributed by atoms with van der Waals surface area (Å²) in [7, 11) is 1.82. The number of hydrogen-bond acceptors (Lipinski definition) is 5. The zero-order valence-corrected chi connectivity index (χ0v) is 8.15. The highest BCUT2D eigenvalue weighted by Gasteiger charge is 2.01. The largest absolute Gasteiger partial charge is 0.469 e. The Balaban J connectivity index is 2.31. The Morgan fingerprint density at radius 2 is 2.33 bits per heavy atom. The van der Waals surface area contributed by atoms with Crippen LogP contribution in [0.25, 0.3) is 0 Å². The molecule has 0 radical (unpaired) electrons. The van der Waals surface area contributed by atoms with Crippen molar-refractivity contribution in [2.45, 2.75) is 19.8 Å². The Hall–Kier alpha value is -0.840. The number of nitrogens with one attached hydrogen (secondary N) is 1. The van der Waals surface area contributed by atoms with Gasteiger partial charge in [-0.2, -0.15) is 0 Å². The van der Waals surface area contributed by atoms with Crippen LogP contribution in [-0.4, -0.2) is 23.9 Å². The Kier molecular flexibility index (Phi) is 3.79. The molecule has 12 heavy (non-hydrogen) atoms. The minimum atomic E-state index is 0.646. The van der Waals surface area contributed by atoms with Crippen molar-refractivity contribution in [1.82, 2.24) is 10.2 Å². The summed E-state index contributed by atoms with van der Waals surface area (Å²) >= 11 is 1.43. The van der Waals surface area contributed by atoms with Crippen molar-refractivity contribution in [1.29, 1.82) is 0 Å². The van der Waals surface area contributed by atoms with E-state index in [0.29, 0.717) is 5.19 Å². The Bertz CT molecular complexity index is 226. The number of rotatable bonds is 5. The molecular formula is C7H13N3OS. The summed E-state index contributed by atoms with van der Waals surface area (Å²) in [5, 5.41) is 12.0. The Labute approximate surface area is 76.0 Å². The normalized spacial score (nSPS) is 9.83. The monoisotopic (exact) mass is 187 g/mol. The lowest BCUT2D eigenvalue weighted by Crippen LogP contribution is -1.95. The summed E-state index contributed by atoms with van der Waals surface area (Å²) in [5.41, 5.74) is 0. The van der Waals surface area contributed by atoms with Gasteiger partial charge in [0.1, 0.15) is 0 Å². The van der Waals surface area contributed by atoms with Gasteiger partial charge in [0, 0.05) is 7.05 Å². The maximum Gasteiger partial charge on any atom is 0.295 e. The highest BCUT2D eigenvalue weighted by molar-refractivity contribution is 7.16. The van der Waals surface area contributed by atoms with Crippen molar-refractivity contribution in [2.24, 2.45) is 0 Å². The van der Waals surface area contributed by atoms with Crippen LogP contribution in [0.2, 0.25) is 0 Å². The Morgan fingerprint density at radius 3 is 2.92 bits per heavy atom. The van der Waals surface area contributed by atoms with Gasteiger partial charge in [-0.1, -0.05) is 18.4 Å². The predicted molar refractivity (Wildman–Crippen MR) is 49.9 cm³/mol. The molecule has 0 spiro atoms. The SMILES string of the molecule is CCCCOc1nnc(NC)s1. The molecule has 0 saturated carbocycles. The second-order valence-corrected chi connectivity index (χ2v) is 3.27. The summed E-state index contributed by atoms with van der Waals surface area (Å²) in [4.78, 5) is 0. The minimum absolute atomic E-state index is 0.646. The fraction of sp³-hybridized carbons (Fsp3) is 0.714. The van der Waals surface area contributed by atoms with Crippen LogP contribution in [0.4, 0.5) is 5.13 Å². The molecule has 0 amide bonds. The molecule has 4 nitrogen and oxygen atoms in total. The van der Waals surface area contributed by atoms with E-state index in [9.17, 15) is 0 Å². The van der Waals surface area contributed by atoms with Gasteiger partial charge in [0.2, 0.25) is 5.13 Å². The fourth-order valence-corrected chi connectivity index (χ4v) is 1.25. The standard InChI is InChI=1S/C7H13N3OS/c1-3-4-5-11-7-10-9-6(8-2)12-7/h3-5H2,1-2H3,(H,8,9). The zero-order valence-electron chi connectivity index (χ0n) is 7.33. The first kappa shape index (κ1) is 9.25. The van der Waals surface area contributed by atoms with Crippen LogP contribution in [0.15, 0.2) is 0 Å². The quantitative estimate of drug-likeness (QED) is 0.713. The fourth-order valence-electron chi connectivity index (χ4n) is 0.673. The van der Waals surface area contributed by atoms with Crippen molar-refractivity contribution >= 4 is 16.5 Å². The summed E-state index contributed by atoms with van der Waals surface area (Å²) in [5.74, 6) is 0. The van der Waals surface area contributed by atoms with Gasteiger partial charge in [0.05, 0.1) is 6.61 Å². The van der Waals surface area contributed by atoms with E-state index in [2.05, 4.69) is 22.4 Å². The minimum Gasteiger partial charge on any atom is -0.469 e. The molecule has 0 aliphatic rings. The molecule has 1 N–H and O–H groups in total. The number of ether oxygens (including phenoxy) is 1. The van der Waals surface area contributed by atoms with E-state index in [1.165, 1.54) is 11.3 Å². The van der Waals surface area contributed by atoms with Crippen LogP contribution in [-0.2, 0) is 0 Å². The van der Waals surface area contributed by atoms with Crippen molar-refractivity contribution in [3.63, 3.8) is 0 Å². The maximum absolute atomic E-state index is 5.33. The number of nitrogens with zero attached hydrogens (tertiary/aromatic N) is 2. The number of aromatic nitrogens is 2. The van der Waals surface area contributed by atoms with E-state index in [4.69, 9.17) is 4.74 Å². The first-order valence-electron chi connectivity index (χ1n) is 4.01. The van der Waals surface area contributed by atoms with Crippen LogP contribution in [0, 0.1) is 0 Å². The summed E-state index contributed by atoms with van der Waals surface area (Å²) < 4.78 is 5.33. The molecule has 0 unspecified atom stereocenters. The number of hydrogen-bond donors (Lipinski definition) is 1. The summed E-state index contributed by atoms with van der Waals surface area (Å²) in [6.07, 6.45) is 2.20. The molecule has 1 aromatic heterocycles. The van der Waals surface area contributed by atoms with E-state index in [0.717, 1.165) is 24.6 Å². The number of unbranched alkanes of at least 4 members (excludes halogenated alkanes) is 1. The smallest absolute Gasteiger partial charge is 0.295 e. The van der Waals surface area contributed by atoms with Crippen molar-refractivity contribution < 1.29 is 4.74 Å². The molecule has 1 rings (SSSR count). The lowest BCUT2D eigenvalue weighted by atomic mass is 10.4. The molecule has 0 aromatic carbocycles. The lowest BCUT2D eigenvalue weighted by Gasteiger charge is -1.97. The molecule has 1 heterocycles. The maximum atomic E-state index is 5.33. The third kappa shape index (κ3) is 2.65. The van der Waals surface area contributed by atoms with E-state index < -0.39 is 0 Å². The third-order valence-electron chi connectivity index (χ3n) is 1.34. The lowest BCUT2D eigenvalue weighted by molar-refractivity contribution is 0.305. The van der Waals surface area contributed by atoms with Crippen LogP contribution in [0.5, 0.6) is 5.19 Å². The van der Waals surface area contributed by atoms with E-state index in [1.807, 2.05) is 7.05 Å². The number of anilines is 1. The Morgan fingerprint density at radius 1 is 1.50 bits per heavy atom. The molecule has 0 saturated heterocycles. The van der Waals surface area contributed by atoms with Crippen molar-refractivity contribution in [2.75, 3.05) is 19.0 Å². The second kappa shape index (κ2) is 4.92. The third-order valence-corrected chi connectivity index (χ3v) is 2.20. The highest BCUT2D eigenvalue weighted by Crippen LogP contribution is 2.21. The summed E-state index contributed by atoms with van der Waals surface area (Å²) in [6.45, 7) is 2.86. The first-order chi connectivity index (χ1) is 5.86. The van der Waals surface area contributed by atoms with Gasteiger partial charge in [0.15, 0.2) is 0 Å². The van der Waals surface area contributed by atoms with Crippen LogP contribution in [0.1, 0.15) is 19.8 Å². The van der Waals surface area contributed by atoms with Crippen LogP contribution < -0.4 is 10.1 Å². The first-order valence-corrected chi connectivity index (χ1v) is 4.82. The summed E-state index contributed by atoms with van der Waals surface area (Å²) in [6, 6.07) is 0. The highest BCUT2D eigenvalue weighted by atomic mass is 32.1. The molecule has 5 heteroatoms. The average molecular weight is 187 g/mol. The molecule has 1 aromatic rings. The van der Waals surface area contributed by atoms with E-state index in [1.54, 1.807) is 0 Å². The average Bonchev–Trinajstić information content (AvgIpc) is 2.53. The predicted octanol–water partition coefficient (Wildman–Crippen LogP) is 1.76. The molecule has 0 atom stereocenters. The molecular weight excluding hydrogens is 174 g/mol. The molecule has 0 aliphatic heterocycles. The molecule has 68 valence electrons. The topological polar surface area (TPSA) is 47.0 Å².